The predicted molar refractivity (Wildman–Crippen MR) is 108 cm³/mol. The van der Waals surface area contributed by atoms with Crippen molar-refractivity contribution in [2.75, 3.05) is 12.4 Å². The molecule has 0 aliphatic heterocycles. The van der Waals surface area contributed by atoms with Crippen molar-refractivity contribution in [1.82, 2.24) is 4.98 Å². The summed E-state index contributed by atoms with van der Waals surface area (Å²) in [6, 6.07) is 7.81. The van der Waals surface area contributed by atoms with E-state index in [1.54, 1.807) is 7.11 Å². The highest BCUT2D eigenvalue weighted by Crippen LogP contribution is 2.33. The lowest BCUT2D eigenvalue weighted by Crippen LogP contribution is -2.27. The third-order valence-corrected chi connectivity index (χ3v) is 6.06. The Hall–Kier alpha value is -1.88. The number of nitrogens with zero attached hydrogens (tertiary/aromatic N) is 1. The van der Waals surface area contributed by atoms with Gasteiger partial charge < -0.3 is 10.1 Å². The van der Waals surface area contributed by atoms with Gasteiger partial charge in [0.1, 0.15) is 5.75 Å². The molecule has 140 valence electrons. The first kappa shape index (κ1) is 18.9. The molecule has 2 aromatic rings. The lowest BCUT2D eigenvalue weighted by Gasteiger charge is -2.27. The number of unbranched alkanes of at least 4 members (excludes halogenated alkanes) is 1. The highest BCUT2D eigenvalue weighted by Gasteiger charge is 2.26. The van der Waals surface area contributed by atoms with Crippen molar-refractivity contribution in [1.29, 1.82) is 0 Å². The van der Waals surface area contributed by atoms with E-state index in [1.165, 1.54) is 43.4 Å². The highest BCUT2D eigenvalue weighted by molar-refractivity contribution is 7.14. The fourth-order valence-corrected chi connectivity index (χ4v) is 4.36. The van der Waals surface area contributed by atoms with E-state index in [4.69, 9.17) is 4.74 Å². The quantitative estimate of drug-likeness (QED) is 0.673. The summed E-state index contributed by atoms with van der Waals surface area (Å²) >= 11 is 1.48. The molecule has 0 saturated heterocycles. The predicted octanol–water partition coefficient (Wildman–Crippen LogP) is 5.75. The Balaban J connectivity index is 1.53. The summed E-state index contributed by atoms with van der Waals surface area (Å²) in [5.41, 5.74) is 1.91. The van der Waals surface area contributed by atoms with E-state index in [2.05, 4.69) is 17.2 Å². The standard InChI is InChI=1S/C21H28N2O2S/c1-3-4-5-15-6-8-17(9-7-15)20(24)23-21-22-19(14-26-21)16-10-12-18(25-2)13-11-16/h10-15,17H,3-9H2,1-2H3,(H,22,23,24). The number of thiazole rings is 1. The second kappa shape index (κ2) is 9.17. The Bertz CT molecular complexity index is 703. The number of ether oxygens (including phenoxy) is 1. The average molecular weight is 373 g/mol. The largest absolute Gasteiger partial charge is 0.497 e. The number of nitrogens with one attached hydrogen (secondary N) is 1. The molecule has 4 nitrogen and oxygen atoms in total. The van der Waals surface area contributed by atoms with Gasteiger partial charge in [0.25, 0.3) is 0 Å². The van der Waals surface area contributed by atoms with Crippen LogP contribution in [-0.2, 0) is 4.79 Å². The van der Waals surface area contributed by atoms with Gasteiger partial charge >= 0.3 is 0 Å². The molecule has 1 fully saturated rings. The fraction of sp³-hybridized carbons (Fsp3) is 0.524. The minimum atomic E-state index is 0.134. The Labute approximate surface area is 160 Å². The van der Waals surface area contributed by atoms with Crippen LogP contribution in [0.1, 0.15) is 51.9 Å². The van der Waals surface area contributed by atoms with Crippen LogP contribution in [0, 0.1) is 11.8 Å². The number of rotatable bonds is 7. The molecule has 1 aliphatic carbocycles. The van der Waals surface area contributed by atoms with Crippen LogP contribution < -0.4 is 10.1 Å². The van der Waals surface area contributed by atoms with E-state index in [9.17, 15) is 4.79 Å². The van der Waals surface area contributed by atoms with Gasteiger partial charge in [0.2, 0.25) is 5.91 Å². The first-order valence-corrected chi connectivity index (χ1v) is 10.5. The zero-order valence-corrected chi connectivity index (χ0v) is 16.5. The molecule has 1 N–H and O–H groups in total. The van der Waals surface area contributed by atoms with Crippen LogP contribution in [0.4, 0.5) is 5.13 Å². The molecule has 0 atom stereocenters. The van der Waals surface area contributed by atoms with Crippen LogP contribution >= 0.6 is 11.3 Å². The van der Waals surface area contributed by atoms with Crippen molar-refractivity contribution in [2.24, 2.45) is 11.8 Å². The number of methoxy groups -OCH3 is 1. The Morgan fingerprint density at radius 2 is 1.96 bits per heavy atom. The molecule has 0 spiro atoms. The number of hydrogen-bond acceptors (Lipinski definition) is 4. The van der Waals surface area contributed by atoms with E-state index < -0.39 is 0 Å². The maximum Gasteiger partial charge on any atom is 0.229 e. The number of carbonyl (C=O) groups excluding carboxylic acids is 1. The summed E-state index contributed by atoms with van der Waals surface area (Å²) < 4.78 is 5.18. The molecule has 1 amide bonds. The van der Waals surface area contributed by atoms with Gasteiger partial charge in [0.05, 0.1) is 12.8 Å². The second-order valence-corrected chi connectivity index (χ2v) is 7.97. The second-order valence-electron chi connectivity index (χ2n) is 7.12. The number of carbonyl (C=O) groups is 1. The van der Waals surface area contributed by atoms with Crippen molar-refractivity contribution >= 4 is 22.4 Å². The maximum atomic E-state index is 12.6. The van der Waals surface area contributed by atoms with E-state index in [0.717, 1.165) is 35.8 Å². The molecule has 1 heterocycles. The topological polar surface area (TPSA) is 51.2 Å². The third kappa shape index (κ3) is 4.85. The SMILES string of the molecule is CCCCC1CCC(C(=O)Nc2nc(-c3ccc(OC)cc3)cs2)CC1. The zero-order chi connectivity index (χ0) is 18.4. The number of aromatic nitrogens is 1. The molecule has 1 aromatic carbocycles. The molecule has 1 aromatic heterocycles. The maximum absolute atomic E-state index is 12.6. The van der Waals surface area contributed by atoms with Crippen molar-refractivity contribution in [3.8, 4) is 17.0 Å². The summed E-state index contributed by atoms with van der Waals surface area (Å²) in [5, 5.41) is 5.70. The zero-order valence-electron chi connectivity index (χ0n) is 15.7. The van der Waals surface area contributed by atoms with E-state index in [-0.39, 0.29) is 11.8 Å². The van der Waals surface area contributed by atoms with Gasteiger partial charge in [-0.3, -0.25) is 4.79 Å². The third-order valence-electron chi connectivity index (χ3n) is 5.30. The van der Waals surface area contributed by atoms with Gasteiger partial charge in [0.15, 0.2) is 5.13 Å². The number of anilines is 1. The lowest BCUT2D eigenvalue weighted by molar-refractivity contribution is -0.121. The van der Waals surface area contributed by atoms with Crippen molar-refractivity contribution in [3.63, 3.8) is 0 Å². The summed E-state index contributed by atoms with van der Waals surface area (Å²) in [4.78, 5) is 17.1. The molecule has 1 saturated carbocycles. The Morgan fingerprint density at radius 3 is 2.62 bits per heavy atom. The number of hydrogen-bond donors (Lipinski definition) is 1. The first-order chi connectivity index (χ1) is 12.7. The van der Waals surface area contributed by atoms with Gasteiger partial charge in [0, 0.05) is 16.9 Å². The molecule has 0 radical (unpaired) electrons. The molecule has 0 bridgehead atoms. The number of benzene rings is 1. The van der Waals surface area contributed by atoms with Crippen LogP contribution in [-0.4, -0.2) is 18.0 Å². The lowest BCUT2D eigenvalue weighted by atomic mass is 9.79. The normalized spacial score (nSPS) is 19.9. The highest BCUT2D eigenvalue weighted by atomic mass is 32.1. The minimum Gasteiger partial charge on any atom is -0.497 e. The van der Waals surface area contributed by atoms with Crippen LogP contribution in [0.2, 0.25) is 0 Å². The van der Waals surface area contributed by atoms with E-state index in [0.29, 0.717) is 5.13 Å². The average Bonchev–Trinajstić information content (AvgIpc) is 3.15. The first-order valence-electron chi connectivity index (χ1n) is 9.60. The van der Waals surface area contributed by atoms with Gasteiger partial charge in [-0.15, -0.1) is 11.3 Å². The van der Waals surface area contributed by atoms with Crippen molar-refractivity contribution in [3.05, 3.63) is 29.6 Å². The summed E-state index contributed by atoms with van der Waals surface area (Å²) in [7, 11) is 1.66. The summed E-state index contributed by atoms with van der Waals surface area (Å²) in [5.74, 6) is 1.92. The van der Waals surface area contributed by atoms with Gasteiger partial charge in [-0.05, 0) is 55.9 Å². The Kier molecular flexibility index (Phi) is 6.67. The van der Waals surface area contributed by atoms with Crippen LogP contribution in [0.25, 0.3) is 11.3 Å². The molecule has 1 aliphatic rings. The summed E-state index contributed by atoms with van der Waals surface area (Å²) in [6.07, 6.45) is 8.30. The molecule has 5 heteroatoms. The number of amides is 1. The van der Waals surface area contributed by atoms with Gasteiger partial charge in [-0.2, -0.15) is 0 Å². The van der Waals surface area contributed by atoms with Crippen molar-refractivity contribution < 1.29 is 9.53 Å². The molecular weight excluding hydrogens is 344 g/mol. The van der Waals surface area contributed by atoms with E-state index in [1.807, 2.05) is 29.6 Å². The summed E-state index contributed by atoms with van der Waals surface area (Å²) in [6.45, 7) is 2.24. The van der Waals surface area contributed by atoms with Crippen LogP contribution in [0.3, 0.4) is 0 Å². The Morgan fingerprint density at radius 1 is 1.23 bits per heavy atom. The van der Waals surface area contributed by atoms with Crippen LogP contribution in [0.5, 0.6) is 5.75 Å². The van der Waals surface area contributed by atoms with Gasteiger partial charge in [-0.1, -0.05) is 26.2 Å². The monoisotopic (exact) mass is 372 g/mol. The molecule has 3 rings (SSSR count). The van der Waals surface area contributed by atoms with E-state index >= 15 is 0 Å². The smallest absolute Gasteiger partial charge is 0.229 e. The van der Waals surface area contributed by atoms with Crippen LogP contribution in [0.15, 0.2) is 29.6 Å². The molecule has 26 heavy (non-hydrogen) atoms. The van der Waals surface area contributed by atoms with Gasteiger partial charge in [-0.25, -0.2) is 4.98 Å². The minimum absolute atomic E-state index is 0.134. The fourth-order valence-electron chi connectivity index (χ4n) is 3.64. The van der Waals surface area contributed by atoms with Crippen molar-refractivity contribution in [2.45, 2.75) is 51.9 Å². The molecular formula is C21H28N2O2S. The molecule has 0 unspecified atom stereocenters.